The summed E-state index contributed by atoms with van der Waals surface area (Å²) >= 11 is 3.25. The topological polar surface area (TPSA) is 88.5 Å². The number of hydrogen-bond acceptors (Lipinski definition) is 4. The number of carboxylic acid groups (broad SMARTS) is 1. The molecule has 2 N–H and O–H groups in total. The third-order valence-electron chi connectivity index (χ3n) is 4.91. The van der Waals surface area contributed by atoms with Gasteiger partial charge in [-0.25, -0.2) is 9.59 Å². The quantitative estimate of drug-likeness (QED) is 0.594. The summed E-state index contributed by atoms with van der Waals surface area (Å²) in [5, 5.41) is 11.9. The van der Waals surface area contributed by atoms with Gasteiger partial charge in [0.1, 0.15) is 6.61 Å². The number of nitrogens with one attached hydrogen (secondary N) is 1. The SMILES string of the molecule is O=C(NC(C(=O)O)c1cncc(Br)c1)OCC1c2ccccc2-c2ccccc21. The van der Waals surface area contributed by atoms with Gasteiger partial charge >= 0.3 is 12.1 Å². The summed E-state index contributed by atoms with van der Waals surface area (Å²) in [6, 6.07) is 16.4. The molecule has 1 aliphatic rings. The van der Waals surface area contributed by atoms with Crippen LogP contribution in [-0.4, -0.2) is 28.8 Å². The van der Waals surface area contributed by atoms with E-state index in [-0.39, 0.29) is 12.5 Å². The van der Waals surface area contributed by atoms with Crippen molar-refractivity contribution in [2.24, 2.45) is 0 Å². The van der Waals surface area contributed by atoms with E-state index in [1.165, 1.54) is 12.4 Å². The third-order valence-corrected chi connectivity index (χ3v) is 5.35. The van der Waals surface area contributed by atoms with Crippen LogP contribution in [0.5, 0.6) is 0 Å². The number of benzene rings is 2. The molecular formula is C22H17BrN2O4. The number of nitrogens with zero attached hydrogens (tertiary/aromatic N) is 1. The molecule has 0 saturated heterocycles. The number of carbonyl (C=O) groups is 2. The maximum atomic E-state index is 12.4. The smallest absolute Gasteiger partial charge is 0.408 e. The van der Waals surface area contributed by atoms with Gasteiger partial charge in [-0.3, -0.25) is 4.98 Å². The molecule has 0 radical (unpaired) electrons. The summed E-state index contributed by atoms with van der Waals surface area (Å²) in [7, 11) is 0. The minimum absolute atomic E-state index is 0.0936. The van der Waals surface area contributed by atoms with E-state index in [2.05, 4.69) is 38.4 Å². The lowest BCUT2D eigenvalue weighted by molar-refractivity contribution is -0.139. The number of alkyl carbamates (subject to hydrolysis) is 1. The van der Waals surface area contributed by atoms with Crippen molar-refractivity contribution in [2.45, 2.75) is 12.0 Å². The highest BCUT2D eigenvalue weighted by molar-refractivity contribution is 9.10. The molecule has 29 heavy (non-hydrogen) atoms. The number of ether oxygens (including phenoxy) is 1. The Labute approximate surface area is 175 Å². The van der Waals surface area contributed by atoms with Crippen LogP contribution in [-0.2, 0) is 9.53 Å². The molecule has 1 aliphatic carbocycles. The van der Waals surface area contributed by atoms with E-state index in [4.69, 9.17) is 4.74 Å². The van der Waals surface area contributed by atoms with E-state index < -0.39 is 18.1 Å². The first-order chi connectivity index (χ1) is 14.0. The standard InChI is InChI=1S/C22H17BrN2O4/c23-14-9-13(10-24-11-14)20(21(26)27)25-22(28)29-12-19-17-7-3-1-5-15(17)16-6-2-4-8-18(16)19/h1-11,19-20H,12H2,(H,25,28)(H,26,27). The van der Waals surface area contributed by atoms with Gasteiger partial charge in [0.25, 0.3) is 0 Å². The van der Waals surface area contributed by atoms with E-state index in [9.17, 15) is 14.7 Å². The molecule has 3 aromatic rings. The molecule has 7 heteroatoms. The zero-order chi connectivity index (χ0) is 20.4. The number of pyridine rings is 1. The van der Waals surface area contributed by atoms with E-state index in [1.807, 2.05) is 36.4 Å². The molecular weight excluding hydrogens is 436 g/mol. The molecule has 0 bridgehead atoms. The number of hydrogen-bond donors (Lipinski definition) is 2. The lowest BCUT2D eigenvalue weighted by atomic mass is 9.98. The number of aliphatic carboxylic acids is 1. The molecule has 146 valence electrons. The molecule has 0 spiro atoms. The molecule has 1 heterocycles. The Morgan fingerprint density at radius 3 is 2.28 bits per heavy atom. The lowest BCUT2D eigenvalue weighted by Crippen LogP contribution is -2.35. The minimum atomic E-state index is -1.25. The lowest BCUT2D eigenvalue weighted by Gasteiger charge is -2.17. The van der Waals surface area contributed by atoms with Crippen LogP contribution < -0.4 is 5.32 Å². The molecule has 1 amide bonds. The van der Waals surface area contributed by atoms with Crippen LogP contribution in [0.4, 0.5) is 4.79 Å². The van der Waals surface area contributed by atoms with Gasteiger partial charge in [0.2, 0.25) is 0 Å². The first-order valence-corrected chi connectivity index (χ1v) is 9.78. The van der Waals surface area contributed by atoms with Crippen molar-refractivity contribution in [1.29, 1.82) is 0 Å². The highest BCUT2D eigenvalue weighted by Crippen LogP contribution is 2.44. The van der Waals surface area contributed by atoms with Gasteiger partial charge in [-0.1, -0.05) is 48.5 Å². The number of amides is 1. The normalized spacial score (nSPS) is 13.3. The minimum Gasteiger partial charge on any atom is -0.479 e. The third kappa shape index (κ3) is 3.86. The van der Waals surface area contributed by atoms with E-state index >= 15 is 0 Å². The Hall–Kier alpha value is -3.19. The van der Waals surface area contributed by atoms with Crippen LogP contribution in [0.2, 0.25) is 0 Å². The van der Waals surface area contributed by atoms with Gasteiger partial charge in [0.05, 0.1) is 0 Å². The Morgan fingerprint density at radius 1 is 1.07 bits per heavy atom. The van der Waals surface area contributed by atoms with E-state index in [1.54, 1.807) is 6.07 Å². The van der Waals surface area contributed by atoms with Crippen LogP contribution >= 0.6 is 15.9 Å². The first kappa shape index (κ1) is 19.1. The van der Waals surface area contributed by atoms with Crippen molar-refractivity contribution in [2.75, 3.05) is 6.61 Å². The van der Waals surface area contributed by atoms with Gasteiger partial charge in [0, 0.05) is 28.3 Å². The highest BCUT2D eigenvalue weighted by atomic mass is 79.9. The summed E-state index contributed by atoms with van der Waals surface area (Å²) < 4.78 is 6.05. The van der Waals surface area contributed by atoms with Crippen molar-refractivity contribution < 1.29 is 19.4 Å². The van der Waals surface area contributed by atoms with Crippen molar-refractivity contribution in [3.05, 3.63) is 88.2 Å². The van der Waals surface area contributed by atoms with Crippen LogP contribution in [0.15, 0.2) is 71.5 Å². The highest BCUT2D eigenvalue weighted by Gasteiger charge is 2.30. The average Bonchev–Trinajstić information content (AvgIpc) is 3.04. The molecule has 6 nitrogen and oxygen atoms in total. The summed E-state index contributed by atoms with van der Waals surface area (Å²) in [6.45, 7) is 0.114. The Morgan fingerprint density at radius 2 is 1.69 bits per heavy atom. The largest absolute Gasteiger partial charge is 0.479 e. The van der Waals surface area contributed by atoms with E-state index in [0.29, 0.717) is 10.0 Å². The van der Waals surface area contributed by atoms with E-state index in [0.717, 1.165) is 22.3 Å². The predicted octanol–water partition coefficient (Wildman–Crippen LogP) is 4.51. The number of fused-ring (bicyclic) bond motifs is 3. The maximum absolute atomic E-state index is 12.4. The number of halogens is 1. The molecule has 0 aliphatic heterocycles. The maximum Gasteiger partial charge on any atom is 0.408 e. The molecule has 2 aromatic carbocycles. The molecule has 0 saturated carbocycles. The van der Waals surface area contributed by atoms with Crippen molar-refractivity contribution in [3.8, 4) is 11.1 Å². The Balaban J connectivity index is 1.49. The second kappa shape index (κ2) is 8.05. The zero-order valence-corrected chi connectivity index (χ0v) is 16.8. The fourth-order valence-corrected chi connectivity index (χ4v) is 4.01. The molecule has 1 atom stereocenters. The first-order valence-electron chi connectivity index (χ1n) is 8.99. The summed E-state index contributed by atoms with van der Waals surface area (Å²) in [5.41, 5.74) is 4.78. The van der Waals surface area contributed by atoms with Crippen LogP contribution in [0.25, 0.3) is 11.1 Å². The number of aromatic nitrogens is 1. The number of rotatable bonds is 5. The van der Waals surface area contributed by atoms with Crippen molar-refractivity contribution in [1.82, 2.24) is 10.3 Å². The number of carboxylic acids is 1. The molecule has 4 rings (SSSR count). The van der Waals surface area contributed by atoms with Crippen molar-refractivity contribution in [3.63, 3.8) is 0 Å². The summed E-state index contributed by atoms with van der Waals surface area (Å²) in [5.74, 6) is -1.29. The fraction of sp³-hybridized carbons (Fsp3) is 0.136. The van der Waals surface area contributed by atoms with Crippen LogP contribution in [0, 0.1) is 0 Å². The van der Waals surface area contributed by atoms with Crippen LogP contribution in [0.3, 0.4) is 0 Å². The summed E-state index contributed by atoms with van der Waals surface area (Å²) in [6.07, 6.45) is 2.14. The number of carbonyl (C=O) groups excluding carboxylic acids is 1. The second-order valence-corrected chi connectivity index (χ2v) is 7.59. The van der Waals surface area contributed by atoms with Gasteiger partial charge in [-0.15, -0.1) is 0 Å². The predicted molar refractivity (Wildman–Crippen MR) is 111 cm³/mol. The second-order valence-electron chi connectivity index (χ2n) is 6.68. The van der Waals surface area contributed by atoms with Gasteiger partial charge in [-0.05, 0) is 44.3 Å². The van der Waals surface area contributed by atoms with Gasteiger partial charge in [-0.2, -0.15) is 0 Å². The molecule has 0 fully saturated rings. The van der Waals surface area contributed by atoms with Crippen molar-refractivity contribution >= 4 is 28.0 Å². The average molecular weight is 453 g/mol. The fourth-order valence-electron chi connectivity index (χ4n) is 3.63. The molecule has 1 unspecified atom stereocenters. The van der Waals surface area contributed by atoms with Gasteiger partial charge in [0.15, 0.2) is 6.04 Å². The van der Waals surface area contributed by atoms with Crippen LogP contribution in [0.1, 0.15) is 28.7 Å². The summed E-state index contributed by atoms with van der Waals surface area (Å²) in [4.78, 5) is 27.9. The molecule has 1 aromatic heterocycles. The Kier molecular flexibility index (Phi) is 5.31. The Bertz CT molecular complexity index is 1040. The van der Waals surface area contributed by atoms with Gasteiger partial charge < -0.3 is 15.2 Å². The monoisotopic (exact) mass is 452 g/mol. The zero-order valence-electron chi connectivity index (χ0n) is 15.2.